The Hall–Kier alpha value is -2.79. The quantitative estimate of drug-likeness (QED) is 0.640. The predicted octanol–water partition coefficient (Wildman–Crippen LogP) is 4.45. The summed E-state index contributed by atoms with van der Waals surface area (Å²) in [6.07, 6.45) is 3.54. The highest BCUT2D eigenvalue weighted by molar-refractivity contribution is 8.18. The fraction of sp³-hybridized carbons (Fsp3) is 0.100. The highest BCUT2D eigenvalue weighted by atomic mass is 32.2. The first-order valence-electron chi connectivity index (χ1n) is 7.84. The second kappa shape index (κ2) is 7.85. The van der Waals surface area contributed by atoms with Crippen LogP contribution >= 0.6 is 11.8 Å². The Kier molecular flexibility index (Phi) is 5.36. The lowest BCUT2D eigenvalue weighted by molar-refractivity contribution is -0.115. The minimum Gasteiger partial charge on any atom is -0.490 e. The second-order valence-electron chi connectivity index (χ2n) is 5.49. The number of ether oxygens (including phenoxy) is 1. The van der Waals surface area contributed by atoms with Crippen molar-refractivity contribution in [1.82, 2.24) is 5.32 Å². The maximum atomic E-state index is 12.1. The van der Waals surface area contributed by atoms with Gasteiger partial charge in [-0.15, -0.1) is 0 Å². The largest absolute Gasteiger partial charge is 0.490 e. The van der Waals surface area contributed by atoms with E-state index in [4.69, 9.17) is 4.74 Å². The molecule has 5 heteroatoms. The van der Waals surface area contributed by atoms with Crippen molar-refractivity contribution in [2.24, 2.45) is 4.99 Å². The number of hydrogen-bond acceptors (Lipinski definition) is 4. The molecular weight excluding hydrogens is 332 g/mol. The molecule has 1 amide bonds. The summed E-state index contributed by atoms with van der Waals surface area (Å²) in [6.45, 7) is 6.11. The molecule has 3 rings (SSSR count). The Morgan fingerprint density at radius 3 is 2.56 bits per heavy atom. The van der Waals surface area contributed by atoms with Crippen LogP contribution in [0.3, 0.4) is 0 Å². The van der Waals surface area contributed by atoms with Gasteiger partial charge in [-0.2, -0.15) is 0 Å². The van der Waals surface area contributed by atoms with Crippen molar-refractivity contribution in [3.8, 4) is 5.75 Å². The summed E-state index contributed by atoms with van der Waals surface area (Å²) < 4.78 is 5.45. The normalized spacial score (nSPS) is 16.9. The number of nitrogens with zero attached hydrogens (tertiary/aromatic N) is 1. The first-order chi connectivity index (χ1) is 12.1. The molecule has 1 saturated heterocycles. The van der Waals surface area contributed by atoms with Gasteiger partial charge in [-0.3, -0.25) is 4.79 Å². The number of aryl methyl sites for hydroxylation is 1. The van der Waals surface area contributed by atoms with E-state index in [1.807, 2.05) is 61.5 Å². The average molecular weight is 350 g/mol. The van der Waals surface area contributed by atoms with Crippen LogP contribution in [0.15, 0.2) is 71.1 Å². The molecule has 2 aromatic carbocycles. The highest BCUT2D eigenvalue weighted by Crippen LogP contribution is 2.28. The van der Waals surface area contributed by atoms with Crippen LogP contribution < -0.4 is 10.1 Å². The molecule has 0 unspecified atom stereocenters. The van der Waals surface area contributed by atoms with E-state index in [9.17, 15) is 4.79 Å². The Morgan fingerprint density at radius 2 is 1.88 bits per heavy atom. The topological polar surface area (TPSA) is 50.7 Å². The third-order valence-corrected chi connectivity index (χ3v) is 4.37. The number of amides is 1. The second-order valence-corrected chi connectivity index (χ2v) is 6.52. The smallest absolute Gasteiger partial charge is 0.264 e. The third kappa shape index (κ3) is 4.61. The van der Waals surface area contributed by atoms with Crippen molar-refractivity contribution >= 4 is 34.6 Å². The molecular formula is C20H18N2O2S. The molecule has 1 aliphatic heterocycles. The molecule has 25 heavy (non-hydrogen) atoms. The van der Waals surface area contributed by atoms with Crippen LogP contribution in [-0.2, 0) is 4.79 Å². The zero-order valence-corrected chi connectivity index (χ0v) is 14.7. The van der Waals surface area contributed by atoms with Gasteiger partial charge in [0, 0.05) is 0 Å². The summed E-state index contributed by atoms with van der Waals surface area (Å²) >= 11 is 1.34. The maximum Gasteiger partial charge on any atom is 0.264 e. The first-order valence-corrected chi connectivity index (χ1v) is 8.66. The molecule has 126 valence electrons. The summed E-state index contributed by atoms with van der Waals surface area (Å²) in [6, 6.07) is 15.4. The van der Waals surface area contributed by atoms with Crippen LogP contribution in [0.4, 0.5) is 5.69 Å². The molecule has 1 fully saturated rings. The van der Waals surface area contributed by atoms with Crippen LogP contribution in [0.25, 0.3) is 6.08 Å². The van der Waals surface area contributed by atoms with E-state index >= 15 is 0 Å². The van der Waals surface area contributed by atoms with E-state index in [1.54, 1.807) is 6.08 Å². The number of benzene rings is 2. The Labute approximate surface area is 151 Å². The van der Waals surface area contributed by atoms with E-state index in [0.717, 1.165) is 17.0 Å². The molecule has 2 aromatic rings. The molecule has 4 nitrogen and oxygen atoms in total. The molecule has 0 spiro atoms. The van der Waals surface area contributed by atoms with E-state index in [-0.39, 0.29) is 5.91 Å². The van der Waals surface area contributed by atoms with Crippen LogP contribution in [0.1, 0.15) is 11.1 Å². The monoisotopic (exact) mass is 350 g/mol. The van der Waals surface area contributed by atoms with Gasteiger partial charge in [0.25, 0.3) is 5.91 Å². The zero-order valence-electron chi connectivity index (χ0n) is 13.9. The molecule has 1 aliphatic rings. The van der Waals surface area contributed by atoms with Gasteiger partial charge in [0.05, 0.1) is 10.6 Å². The number of nitrogens with one attached hydrogen (secondary N) is 1. The SMILES string of the molecule is C=CCOc1ccc(/C=C2/SC(=Nc3ccc(C)cc3)NC2=O)cc1. The summed E-state index contributed by atoms with van der Waals surface area (Å²) in [7, 11) is 0. The lowest BCUT2D eigenvalue weighted by atomic mass is 10.2. The Balaban J connectivity index is 1.72. The minimum absolute atomic E-state index is 0.136. The number of aliphatic imine (C=N–C) groups is 1. The van der Waals surface area contributed by atoms with Crippen LogP contribution in [0, 0.1) is 6.92 Å². The van der Waals surface area contributed by atoms with Gasteiger partial charge in [0.15, 0.2) is 5.17 Å². The molecule has 0 atom stereocenters. The van der Waals surface area contributed by atoms with Gasteiger partial charge in [-0.05, 0) is 54.6 Å². The van der Waals surface area contributed by atoms with Crippen LogP contribution in [0.5, 0.6) is 5.75 Å². The van der Waals surface area contributed by atoms with E-state index in [1.165, 1.54) is 17.3 Å². The van der Waals surface area contributed by atoms with Crippen molar-refractivity contribution < 1.29 is 9.53 Å². The molecule has 0 aliphatic carbocycles. The van der Waals surface area contributed by atoms with Crippen LogP contribution in [0.2, 0.25) is 0 Å². The number of hydrogen-bond donors (Lipinski definition) is 1. The van der Waals surface area contributed by atoms with E-state index in [2.05, 4.69) is 16.9 Å². The molecule has 0 saturated carbocycles. The summed E-state index contributed by atoms with van der Waals surface area (Å²) in [4.78, 5) is 17.2. The van der Waals surface area contributed by atoms with Gasteiger partial charge < -0.3 is 10.1 Å². The van der Waals surface area contributed by atoms with Gasteiger partial charge in [-0.25, -0.2) is 4.99 Å². The van der Waals surface area contributed by atoms with Gasteiger partial charge in [0.2, 0.25) is 0 Å². The molecule has 1 heterocycles. The lowest BCUT2D eigenvalue weighted by Gasteiger charge is -2.03. The van der Waals surface area contributed by atoms with Crippen molar-refractivity contribution in [2.45, 2.75) is 6.92 Å². The molecule has 0 bridgehead atoms. The number of carbonyl (C=O) groups is 1. The average Bonchev–Trinajstić information content (AvgIpc) is 2.95. The molecule has 0 aromatic heterocycles. The molecule has 0 radical (unpaired) electrons. The van der Waals surface area contributed by atoms with Crippen LogP contribution in [-0.4, -0.2) is 17.7 Å². The number of thioether (sulfide) groups is 1. The van der Waals surface area contributed by atoms with Crippen molar-refractivity contribution in [3.05, 3.63) is 77.2 Å². The highest BCUT2D eigenvalue weighted by Gasteiger charge is 2.23. The summed E-state index contributed by atoms with van der Waals surface area (Å²) in [5.74, 6) is 0.634. The number of rotatable bonds is 5. The number of carbonyl (C=O) groups excluding carboxylic acids is 1. The first kappa shape index (κ1) is 17.0. The van der Waals surface area contributed by atoms with Crippen molar-refractivity contribution in [2.75, 3.05) is 6.61 Å². The predicted molar refractivity (Wildman–Crippen MR) is 104 cm³/mol. The maximum absolute atomic E-state index is 12.1. The Morgan fingerprint density at radius 1 is 1.16 bits per heavy atom. The van der Waals surface area contributed by atoms with Crippen molar-refractivity contribution in [1.29, 1.82) is 0 Å². The van der Waals surface area contributed by atoms with Crippen molar-refractivity contribution in [3.63, 3.8) is 0 Å². The standard InChI is InChI=1S/C20H18N2O2S/c1-3-12-24-17-10-6-15(7-11-17)13-18-19(23)22-20(25-18)21-16-8-4-14(2)5-9-16/h3-11,13H,1,12H2,2H3,(H,21,22,23)/b18-13+. The van der Waals surface area contributed by atoms with E-state index < -0.39 is 0 Å². The molecule has 1 N–H and O–H groups in total. The summed E-state index contributed by atoms with van der Waals surface area (Å²) in [5.41, 5.74) is 2.92. The van der Waals surface area contributed by atoms with Gasteiger partial charge in [-0.1, -0.05) is 42.5 Å². The zero-order chi connectivity index (χ0) is 17.6. The Bertz CT molecular complexity index is 837. The summed E-state index contributed by atoms with van der Waals surface area (Å²) in [5, 5.41) is 3.39. The number of amidine groups is 1. The minimum atomic E-state index is -0.136. The van der Waals surface area contributed by atoms with Gasteiger partial charge >= 0.3 is 0 Å². The fourth-order valence-electron chi connectivity index (χ4n) is 2.18. The lowest BCUT2D eigenvalue weighted by Crippen LogP contribution is -2.19. The van der Waals surface area contributed by atoms with Gasteiger partial charge in [0.1, 0.15) is 12.4 Å². The fourth-order valence-corrected chi connectivity index (χ4v) is 3.03. The third-order valence-electron chi connectivity index (χ3n) is 3.46. The van der Waals surface area contributed by atoms with E-state index in [0.29, 0.717) is 16.7 Å².